The number of thiophene rings is 1. The molecule has 2 N–H and O–H groups in total. The van der Waals surface area contributed by atoms with Gasteiger partial charge in [0.05, 0.1) is 0 Å². The van der Waals surface area contributed by atoms with Crippen LogP contribution < -0.4 is 5.73 Å². The van der Waals surface area contributed by atoms with E-state index in [-0.39, 0.29) is 6.04 Å². The topological polar surface area (TPSA) is 29.3 Å². The molecule has 1 aliphatic heterocycles. The van der Waals surface area contributed by atoms with Crippen LogP contribution in [-0.2, 0) is 6.54 Å². The smallest absolute Gasteiger partial charge is 0.114 e. The quantitative estimate of drug-likeness (QED) is 0.828. The van der Waals surface area contributed by atoms with E-state index in [1.54, 1.807) is 11.3 Å². The average Bonchev–Trinajstić information content (AvgIpc) is 2.76. The van der Waals surface area contributed by atoms with Crippen molar-refractivity contribution in [2.24, 2.45) is 5.73 Å². The summed E-state index contributed by atoms with van der Waals surface area (Å²) in [5.41, 5.74) is 5.61. The third-order valence-electron chi connectivity index (χ3n) is 2.69. The van der Waals surface area contributed by atoms with Crippen LogP contribution in [0.4, 0.5) is 4.39 Å². The first-order chi connectivity index (χ1) is 6.79. The van der Waals surface area contributed by atoms with Gasteiger partial charge in [-0.25, -0.2) is 4.39 Å². The molecular weight excluding hydrogens is 199 g/mol. The molecule has 1 aliphatic rings. The third kappa shape index (κ3) is 2.13. The highest BCUT2D eigenvalue weighted by atomic mass is 32.1. The highest BCUT2D eigenvalue weighted by molar-refractivity contribution is 7.09. The SMILES string of the molecule is NCC1CC(F)CN1Cc1cccs1. The average molecular weight is 214 g/mol. The van der Waals surface area contributed by atoms with E-state index in [4.69, 9.17) is 5.73 Å². The fourth-order valence-corrected chi connectivity index (χ4v) is 2.69. The van der Waals surface area contributed by atoms with Gasteiger partial charge in [0.1, 0.15) is 6.17 Å². The molecule has 2 heterocycles. The second-order valence-electron chi connectivity index (χ2n) is 3.73. The van der Waals surface area contributed by atoms with E-state index in [9.17, 15) is 4.39 Å². The summed E-state index contributed by atoms with van der Waals surface area (Å²) in [5, 5.41) is 2.05. The Labute approximate surface area is 87.5 Å². The Morgan fingerprint density at radius 3 is 3.14 bits per heavy atom. The Kier molecular flexibility index (Phi) is 3.15. The van der Waals surface area contributed by atoms with Crippen molar-refractivity contribution in [2.75, 3.05) is 13.1 Å². The van der Waals surface area contributed by atoms with Crippen molar-refractivity contribution in [1.82, 2.24) is 4.90 Å². The van der Waals surface area contributed by atoms with Crippen LogP contribution in [0.1, 0.15) is 11.3 Å². The molecule has 0 amide bonds. The molecule has 2 nitrogen and oxygen atoms in total. The lowest BCUT2D eigenvalue weighted by atomic mass is 10.2. The summed E-state index contributed by atoms with van der Waals surface area (Å²) >= 11 is 1.72. The van der Waals surface area contributed by atoms with Gasteiger partial charge in [0, 0.05) is 30.6 Å². The van der Waals surface area contributed by atoms with Gasteiger partial charge in [-0.3, -0.25) is 4.90 Å². The van der Waals surface area contributed by atoms with Gasteiger partial charge in [-0.2, -0.15) is 0 Å². The number of likely N-dealkylation sites (tertiary alicyclic amines) is 1. The minimum absolute atomic E-state index is 0.229. The highest BCUT2D eigenvalue weighted by Crippen LogP contribution is 2.23. The zero-order chi connectivity index (χ0) is 9.97. The lowest BCUT2D eigenvalue weighted by Crippen LogP contribution is -2.34. The predicted octanol–water partition coefficient (Wildman–Crippen LogP) is 1.62. The maximum atomic E-state index is 13.1. The summed E-state index contributed by atoms with van der Waals surface area (Å²) in [5.74, 6) is 0. The second kappa shape index (κ2) is 4.38. The van der Waals surface area contributed by atoms with Crippen LogP contribution in [0.25, 0.3) is 0 Å². The van der Waals surface area contributed by atoms with Crippen molar-refractivity contribution in [1.29, 1.82) is 0 Å². The number of rotatable bonds is 3. The summed E-state index contributed by atoms with van der Waals surface area (Å²) in [4.78, 5) is 3.44. The molecule has 14 heavy (non-hydrogen) atoms. The first-order valence-electron chi connectivity index (χ1n) is 4.90. The summed E-state index contributed by atoms with van der Waals surface area (Å²) < 4.78 is 13.1. The Morgan fingerprint density at radius 1 is 1.64 bits per heavy atom. The molecule has 0 saturated carbocycles. The molecule has 2 atom stereocenters. The molecule has 1 aromatic rings. The lowest BCUT2D eigenvalue weighted by Gasteiger charge is -2.21. The Balaban J connectivity index is 1.97. The molecule has 1 saturated heterocycles. The summed E-state index contributed by atoms with van der Waals surface area (Å²) in [6.07, 6.45) is -0.0921. The van der Waals surface area contributed by atoms with Crippen molar-refractivity contribution in [2.45, 2.75) is 25.2 Å². The van der Waals surface area contributed by atoms with Gasteiger partial charge in [-0.15, -0.1) is 11.3 Å². The monoisotopic (exact) mass is 214 g/mol. The van der Waals surface area contributed by atoms with Crippen molar-refractivity contribution in [3.05, 3.63) is 22.4 Å². The summed E-state index contributed by atoms with van der Waals surface area (Å²) in [6.45, 7) is 1.95. The highest BCUT2D eigenvalue weighted by Gasteiger charge is 2.30. The molecule has 1 aromatic heterocycles. The molecule has 0 spiro atoms. The van der Waals surface area contributed by atoms with Crippen LogP contribution in [0.2, 0.25) is 0 Å². The molecule has 1 fully saturated rings. The van der Waals surface area contributed by atoms with Gasteiger partial charge in [0.25, 0.3) is 0 Å². The van der Waals surface area contributed by atoms with Gasteiger partial charge in [0.15, 0.2) is 0 Å². The zero-order valence-electron chi connectivity index (χ0n) is 8.03. The Hall–Kier alpha value is -0.450. The van der Waals surface area contributed by atoms with E-state index in [1.165, 1.54) is 4.88 Å². The normalized spacial score (nSPS) is 28.4. The summed E-state index contributed by atoms with van der Waals surface area (Å²) in [6, 6.07) is 4.34. The third-order valence-corrected chi connectivity index (χ3v) is 3.55. The van der Waals surface area contributed by atoms with E-state index in [0.29, 0.717) is 19.5 Å². The van der Waals surface area contributed by atoms with Gasteiger partial charge in [-0.05, 0) is 17.9 Å². The van der Waals surface area contributed by atoms with E-state index >= 15 is 0 Å². The van der Waals surface area contributed by atoms with Gasteiger partial charge < -0.3 is 5.73 Å². The molecule has 2 unspecified atom stereocenters. The standard InChI is InChI=1S/C10H15FN2S/c11-8-4-9(5-12)13(6-8)7-10-2-1-3-14-10/h1-3,8-9H,4-7,12H2. The Bertz CT molecular complexity index is 276. The van der Waals surface area contributed by atoms with E-state index in [1.807, 2.05) is 6.07 Å². The van der Waals surface area contributed by atoms with E-state index in [0.717, 1.165) is 6.54 Å². The van der Waals surface area contributed by atoms with Gasteiger partial charge in [-0.1, -0.05) is 6.07 Å². The van der Waals surface area contributed by atoms with Crippen LogP contribution >= 0.6 is 11.3 Å². The van der Waals surface area contributed by atoms with Crippen LogP contribution in [0.15, 0.2) is 17.5 Å². The molecule has 0 radical (unpaired) electrons. The second-order valence-corrected chi connectivity index (χ2v) is 4.76. The molecular formula is C10H15FN2S. The molecule has 0 aromatic carbocycles. The van der Waals surface area contributed by atoms with Crippen LogP contribution in [-0.4, -0.2) is 30.2 Å². The van der Waals surface area contributed by atoms with Crippen LogP contribution in [0, 0.1) is 0 Å². The van der Waals surface area contributed by atoms with Crippen molar-refractivity contribution in [3.63, 3.8) is 0 Å². The molecule has 0 aliphatic carbocycles. The maximum absolute atomic E-state index is 13.1. The van der Waals surface area contributed by atoms with Crippen molar-refractivity contribution in [3.8, 4) is 0 Å². The molecule has 78 valence electrons. The van der Waals surface area contributed by atoms with E-state index in [2.05, 4.69) is 16.3 Å². The van der Waals surface area contributed by atoms with Gasteiger partial charge >= 0.3 is 0 Å². The van der Waals surface area contributed by atoms with E-state index < -0.39 is 6.17 Å². The number of hydrogen-bond acceptors (Lipinski definition) is 3. The van der Waals surface area contributed by atoms with Crippen LogP contribution in [0.3, 0.4) is 0 Å². The maximum Gasteiger partial charge on any atom is 0.114 e. The van der Waals surface area contributed by atoms with Crippen molar-refractivity contribution < 1.29 is 4.39 Å². The lowest BCUT2D eigenvalue weighted by molar-refractivity contribution is 0.240. The van der Waals surface area contributed by atoms with Crippen LogP contribution in [0.5, 0.6) is 0 Å². The number of hydrogen-bond donors (Lipinski definition) is 1. The van der Waals surface area contributed by atoms with Gasteiger partial charge in [0.2, 0.25) is 0 Å². The number of halogens is 1. The predicted molar refractivity (Wildman–Crippen MR) is 57.1 cm³/mol. The number of nitrogens with zero attached hydrogens (tertiary/aromatic N) is 1. The first kappa shape index (κ1) is 10.1. The molecule has 2 rings (SSSR count). The largest absolute Gasteiger partial charge is 0.329 e. The molecule has 4 heteroatoms. The fourth-order valence-electron chi connectivity index (χ4n) is 1.96. The van der Waals surface area contributed by atoms with Crippen molar-refractivity contribution >= 4 is 11.3 Å². The summed E-state index contributed by atoms with van der Waals surface area (Å²) in [7, 11) is 0. The minimum atomic E-state index is -0.691. The Morgan fingerprint density at radius 2 is 2.50 bits per heavy atom. The molecule has 0 bridgehead atoms. The zero-order valence-corrected chi connectivity index (χ0v) is 8.84. The first-order valence-corrected chi connectivity index (χ1v) is 5.78. The fraction of sp³-hybridized carbons (Fsp3) is 0.600. The number of alkyl halides is 1. The minimum Gasteiger partial charge on any atom is -0.329 e. The number of nitrogens with two attached hydrogens (primary N) is 1.